The van der Waals surface area contributed by atoms with Gasteiger partial charge >= 0.3 is 0 Å². The monoisotopic (exact) mass is 743 g/mol. The van der Waals surface area contributed by atoms with E-state index in [2.05, 4.69) is 98.8 Å². The van der Waals surface area contributed by atoms with Crippen molar-refractivity contribution in [3.63, 3.8) is 0 Å². The van der Waals surface area contributed by atoms with Crippen LogP contribution in [0.3, 0.4) is 0 Å². The highest BCUT2D eigenvalue weighted by Gasteiger charge is 2.16. The highest BCUT2D eigenvalue weighted by molar-refractivity contribution is 6.06. The molecule has 7 heterocycles. The molecule has 10 aromatic rings. The first kappa shape index (κ1) is 34.5. The number of hydrogen-bond acceptors (Lipinski definition) is 7. The van der Waals surface area contributed by atoms with Gasteiger partial charge in [0.2, 0.25) is 0 Å². The molecule has 0 saturated carbocycles. The van der Waals surface area contributed by atoms with Crippen molar-refractivity contribution in [3.05, 3.63) is 201 Å². The van der Waals surface area contributed by atoms with Gasteiger partial charge in [0.1, 0.15) is 0 Å². The summed E-state index contributed by atoms with van der Waals surface area (Å²) in [5.74, 6) is 0. The van der Waals surface area contributed by atoms with E-state index in [4.69, 9.17) is 15.0 Å². The van der Waals surface area contributed by atoms with Crippen LogP contribution in [0.15, 0.2) is 201 Å². The maximum atomic E-state index is 5.02. The molecule has 0 aliphatic carbocycles. The standard InChI is InChI=1S/C51H33N7/c1-2-12-43-41(39-30-50(46-15-5-9-25-54-46)58-51(31-39)47-16-6-10-26-55-47)20-19-40(42(43)11-1)38-28-36(34-17-21-48(56-32-34)44-13-3-7-23-52-44)27-37(29-38)35-18-22-49(57-33-35)45-14-4-8-24-53-45/h1-33H. The van der Waals surface area contributed by atoms with Crippen molar-refractivity contribution in [1.82, 2.24) is 34.9 Å². The van der Waals surface area contributed by atoms with Crippen LogP contribution in [0, 0.1) is 0 Å². The van der Waals surface area contributed by atoms with Crippen molar-refractivity contribution >= 4 is 10.8 Å². The molecule has 0 spiro atoms. The number of fused-ring (bicyclic) bond motifs is 1. The molecule has 0 aliphatic rings. The summed E-state index contributed by atoms with van der Waals surface area (Å²) in [6.45, 7) is 0. The van der Waals surface area contributed by atoms with Gasteiger partial charge in [-0.15, -0.1) is 0 Å². The third-order valence-electron chi connectivity index (χ3n) is 10.2. The molecule has 0 radical (unpaired) electrons. The minimum absolute atomic E-state index is 0.787. The Morgan fingerprint density at radius 2 is 0.603 bits per heavy atom. The van der Waals surface area contributed by atoms with E-state index < -0.39 is 0 Å². The minimum Gasteiger partial charge on any atom is -0.255 e. The Balaban J connectivity index is 1.12. The molecule has 58 heavy (non-hydrogen) atoms. The number of aromatic nitrogens is 7. The molecule has 0 saturated heterocycles. The Hall–Kier alpha value is -8.03. The molecule has 0 bridgehead atoms. The van der Waals surface area contributed by atoms with E-state index in [0.717, 1.165) is 101 Å². The number of rotatable bonds is 8. The van der Waals surface area contributed by atoms with Crippen LogP contribution in [0.2, 0.25) is 0 Å². The zero-order valence-corrected chi connectivity index (χ0v) is 31.2. The summed E-state index contributed by atoms with van der Waals surface area (Å²) in [7, 11) is 0. The molecule has 7 nitrogen and oxygen atoms in total. The zero-order chi connectivity index (χ0) is 38.7. The van der Waals surface area contributed by atoms with E-state index in [1.807, 2.05) is 97.3 Å². The Morgan fingerprint density at radius 3 is 0.983 bits per heavy atom. The van der Waals surface area contributed by atoms with Crippen molar-refractivity contribution in [1.29, 1.82) is 0 Å². The molecule has 3 aromatic carbocycles. The van der Waals surface area contributed by atoms with Crippen LogP contribution in [0.4, 0.5) is 0 Å². The Bertz CT molecular complexity index is 2850. The van der Waals surface area contributed by atoms with Gasteiger partial charge in [0.15, 0.2) is 0 Å². The fraction of sp³-hybridized carbons (Fsp3) is 0. The fourth-order valence-electron chi connectivity index (χ4n) is 7.36. The summed E-state index contributed by atoms with van der Waals surface area (Å²) in [6.07, 6.45) is 11.0. The van der Waals surface area contributed by atoms with Crippen LogP contribution in [0.1, 0.15) is 0 Å². The predicted molar refractivity (Wildman–Crippen MR) is 232 cm³/mol. The number of pyridine rings is 7. The molecular weight excluding hydrogens is 711 g/mol. The Kier molecular flexibility index (Phi) is 9.06. The Labute approximate surface area is 335 Å². The van der Waals surface area contributed by atoms with E-state index in [9.17, 15) is 0 Å². The van der Waals surface area contributed by atoms with Gasteiger partial charge in [0, 0.05) is 48.3 Å². The molecule has 0 unspecified atom stereocenters. The van der Waals surface area contributed by atoms with Crippen LogP contribution in [-0.2, 0) is 0 Å². The van der Waals surface area contributed by atoms with Crippen LogP contribution < -0.4 is 0 Å². The summed E-state index contributed by atoms with van der Waals surface area (Å²) in [5, 5.41) is 2.26. The summed E-state index contributed by atoms with van der Waals surface area (Å²) >= 11 is 0. The van der Waals surface area contributed by atoms with E-state index in [1.165, 1.54) is 0 Å². The first-order valence-electron chi connectivity index (χ1n) is 19.0. The second kappa shape index (κ2) is 15.2. The second-order valence-corrected chi connectivity index (χ2v) is 13.9. The van der Waals surface area contributed by atoms with Gasteiger partial charge in [-0.1, -0.05) is 72.8 Å². The Morgan fingerprint density at radius 1 is 0.241 bits per heavy atom. The smallest absolute Gasteiger partial charge is 0.0900 e. The fourth-order valence-corrected chi connectivity index (χ4v) is 7.36. The first-order chi connectivity index (χ1) is 28.7. The van der Waals surface area contributed by atoms with Crippen LogP contribution >= 0.6 is 0 Å². The summed E-state index contributed by atoms with van der Waals surface area (Å²) in [4.78, 5) is 33.0. The average Bonchev–Trinajstić information content (AvgIpc) is 3.32. The largest absolute Gasteiger partial charge is 0.255 e. The lowest BCUT2D eigenvalue weighted by atomic mass is 9.89. The number of hydrogen-bond donors (Lipinski definition) is 0. The molecule has 7 aromatic heterocycles. The third kappa shape index (κ3) is 6.89. The highest BCUT2D eigenvalue weighted by atomic mass is 14.8. The third-order valence-corrected chi connectivity index (χ3v) is 10.2. The van der Waals surface area contributed by atoms with Gasteiger partial charge in [-0.25, -0.2) is 4.98 Å². The molecule has 7 heteroatoms. The molecule has 0 aliphatic heterocycles. The molecule has 0 fully saturated rings. The van der Waals surface area contributed by atoms with E-state index in [0.29, 0.717) is 0 Å². The quantitative estimate of drug-likeness (QED) is 0.153. The molecule has 0 N–H and O–H groups in total. The summed E-state index contributed by atoms with van der Waals surface area (Å²) in [5.41, 5.74) is 14.9. The summed E-state index contributed by atoms with van der Waals surface area (Å²) < 4.78 is 0. The SMILES string of the molecule is c1ccc(-c2ccc(-c3cc(-c4ccc(-c5ccccn5)nc4)cc(-c4ccc(-c5cc(-c6ccccn6)nc(-c6ccccn6)c5)c5ccccc45)c3)cn2)nc1. The number of benzene rings is 3. The molecule has 10 rings (SSSR count). The molecule has 272 valence electrons. The lowest BCUT2D eigenvalue weighted by Crippen LogP contribution is -1.95. The van der Waals surface area contributed by atoms with E-state index in [-0.39, 0.29) is 0 Å². The van der Waals surface area contributed by atoms with Crippen molar-refractivity contribution in [2.75, 3.05) is 0 Å². The molecule has 0 amide bonds. The second-order valence-electron chi connectivity index (χ2n) is 13.9. The lowest BCUT2D eigenvalue weighted by molar-refractivity contribution is 1.22. The maximum absolute atomic E-state index is 5.02. The summed E-state index contributed by atoms with van der Waals surface area (Å²) in [6, 6.07) is 55.8. The van der Waals surface area contributed by atoms with Crippen molar-refractivity contribution in [2.24, 2.45) is 0 Å². The van der Waals surface area contributed by atoms with Crippen molar-refractivity contribution in [3.8, 4) is 90.1 Å². The van der Waals surface area contributed by atoms with Gasteiger partial charge in [0.05, 0.1) is 45.6 Å². The predicted octanol–water partition coefficient (Wildman–Crippen LogP) is 11.9. The normalized spacial score (nSPS) is 11.1. The average molecular weight is 744 g/mol. The molecule has 0 atom stereocenters. The van der Waals surface area contributed by atoms with Gasteiger partial charge < -0.3 is 0 Å². The van der Waals surface area contributed by atoms with Crippen LogP contribution in [-0.4, -0.2) is 34.9 Å². The van der Waals surface area contributed by atoms with Gasteiger partial charge in [0.25, 0.3) is 0 Å². The van der Waals surface area contributed by atoms with Gasteiger partial charge in [-0.2, -0.15) is 0 Å². The maximum Gasteiger partial charge on any atom is 0.0900 e. The van der Waals surface area contributed by atoms with Gasteiger partial charge in [-0.3, -0.25) is 29.9 Å². The van der Waals surface area contributed by atoms with Crippen molar-refractivity contribution in [2.45, 2.75) is 0 Å². The first-order valence-corrected chi connectivity index (χ1v) is 19.0. The number of nitrogens with zero attached hydrogens (tertiary/aromatic N) is 7. The molecular formula is C51H33N7. The zero-order valence-electron chi connectivity index (χ0n) is 31.2. The van der Waals surface area contributed by atoms with Crippen LogP contribution in [0.25, 0.3) is 101 Å². The van der Waals surface area contributed by atoms with Gasteiger partial charge in [-0.05, 0) is 135 Å². The lowest BCUT2D eigenvalue weighted by Gasteiger charge is -2.16. The highest BCUT2D eigenvalue weighted by Crippen LogP contribution is 2.40. The van der Waals surface area contributed by atoms with Crippen LogP contribution in [0.5, 0.6) is 0 Å². The topological polar surface area (TPSA) is 90.2 Å². The van der Waals surface area contributed by atoms with Crippen molar-refractivity contribution < 1.29 is 0 Å². The minimum atomic E-state index is 0.787. The van der Waals surface area contributed by atoms with E-state index in [1.54, 1.807) is 24.8 Å². The van der Waals surface area contributed by atoms with E-state index >= 15 is 0 Å².